The van der Waals surface area contributed by atoms with Crippen molar-refractivity contribution in [3.63, 3.8) is 0 Å². The minimum absolute atomic E-state index is 0.0713. The highest BCUT2D eigenvalue weighted by atomic mass is 16.5. The van der Waals surface area contributed by atoms with Crippen molar-refractivity contribution in [2.24, 2.45) is 11.3 Å². The Balaban J connectivity index is 2.37. The van der Waals surface area contributed by atoms with E-state index in [2.05, 4.69) is 12.1 Å². The van der Waals surface area contributed by atoms with E-state index in [9.17, 15) is 14.7 Å². The number of rotatable bonds is 8. The van der Waals surface area contributed by atoms with Crippen molar-refractivity contribution in [1.82, 2.24) is 0 Å². The van der Waals surface area contributed by atoms with Crippen LogP contribution in [0.15, 0.2) is 30.3 Å². The van der Waals surface area contributed by atoms with Gasteiger partial charge in [-0.1, -0.05) is 56.5 Å². The van der Waals surface area contributed by atoms with Crippen LogP contribution in [0.5, 0.6) is 0 Å². The number of carbonyl (C=O) groups is 2. The Kier molecular flexibility index (Phi) is 7.03. The normalized spacial score (nSPS) is 19.0. The van der Waals surface area contributed by atoms with Crippen LogP contribution < -0.4 is 0 Å². The summed E-state index contributed by atoms with van der Waals surface area (Å²) in [4.78, 5) is 24.7. The summed E-state index contributed by atoms with van der Waals surface area (Å²) < 4.78 is 5.16. The minimum Gasteiger partial charge on any atom is -0.480 e. The van der Waals surface area contributed by atoms with E-state index in [-0.39, 0.29) is 18.9 Å². The molecule has 0 amide bonds. The lowest BCUT2D eigenvalue weighted by molar-refractivity contribution is -0.170. The molecule has 0 aliphatic heterocycles. The number of aliphatic carboxylic acids is 1. The van der Waals surface area contributed by atoms with E-state index in [1.807, 2.05) is 18.2 Å². The van der Waals surface area contributed by atoms with Crippen molar-refractivity contribution in [2.45, 2.75) is 64.7 Å². The lowest BCUT2D eigenvalue weighted by Crippen LogP contribution is -2.42. The van der Waals surface area contributed by atoms with E-state index in [0.717, 1.165) is 18.4 Å². The maximum atomic E-state index is 12.6. The summed E-state index contributed by atoms with van der Waals surface area (Å²) in [5.74, 6) is -1.16. The average Bonchev–Trinajstić information content (AvgIpc) is 2.64. The van der Waals surface area contributed by atoms with Crippen LogP contribution in [-0.2, 0) is 14.3 Å². The molecule has 0 radical (unpaired) electrons. The van der Waals surface area contributed by atoms with Gasteiger partial charge in [0, 0.05) is 0 Å². The topological polar surface area (TPSA) is 63.6 Å². The van der Waals surface area contributed by atoms with E-state index in [1.165, 1.54) is 19.3 Å². The summed E-state index contributed by atoms with van der Waals surface area (Å²) in [5, 5.41) is 9.91. The van der Waals surface area contributed by atoms with Gasteiger partial charge in [-0.3, -0.25) is 9.59 Å². The predicted molar refractivity (Wildman–Crippen MR) is 97.4 cm³/mol. The highest BCUT2D eigenvalue weighted by Crippen LogP contribution is 2.44. The first kappa shape index (κ1) is 19.5. The van der Waals surface area contributed by atoms with Crippen molar-refractivity contribution in [3.05, 3.63) is 35.9 Å². The summed E-state index contributed by atoms with van der Waals surface area (Å²) in [6, 6.07) is 10.1. The van der Waals surface area contributed by atoms with Gasteiger partial charge in [-0.25, -0.2) is 0 Å². The second-order valence-electron chi connectivity index (χ2n) is 7.08. The van der Waals surface area contributed by atoms with Crippen molar-refractivity contribution in [3.8, 4) is 0 Å². The summed E-state index contributed by atoms with van der Waals surface area (Å²) >= 11 is 0. The monoisotopic (exact) mass is 346 g/mol. The highest BCUT2D eigenvalue weighted by molar-refractivity contribution is 5.99. The van der Waals surface area contributed by atoms with Crippen LogP contribution in [-0.4, -0.2) is 23.7 Å². The molecule has 1 saturated carbocycles. The van der Waals surface area contributed by atoms with E-state index in [1.54, 1.807) is 13.8 Å². The summed E-state index contributed by atoms with van der Waals surface area (Å²) in [6.07, 6.45) is 6.36. The molecule has 1 aliphatic rings. The molecule has 2 rings (SSSR count). The Morgan fingerprint density at radius 2 is 1.80 bits per heavy atom. The molecule has 4 heteroatoms. The Morgan fingerprint density at radius 1 is 1.16 bits per heavy atom. The zero-order valence-electron chi connectivity index (χ0n) is 15.4. The number of carboxylic acids is 1. The molecule has 0 bridgehead atoms. The fourth-order valence-electron chi connectivity index (χ4n) is 4.14. The molecule has 0 spiro atoms. The van der Waals surface area contributed by atoms with Crippen LogP contribution in [0.3, 0.4) is 0 Å². The first-order valence-electron chi connectivity index (χ1n) is 9.50. The molecule has 1 aliphatic carbocycles. The molecule has 2 atom stereocenters. The van der Waals surface area contributed by atoms with Crippen molar-refractivity contribution in [2.75, 3.05) is 6.61 Å². The molecule has 1 fully saturated rings. The van der Waals surface area contributed by atoms with E-state index >= 15 is 0 Å². The van der Waals surface area contributed by atoms with E-state index in [4.69, 9.17) is 4.74 Å². The zero-order chi connectivity index (χ0) is 18.3. The van der Waals surface area contributed by atoms with Gasteiger partial charge in [0.2, 0.25) is 0 Å². The van der Waals surface area contributed by atoms with Crippen molar-refractivity contribution >= 4 is 11.9 Å². The maximum absolute atomic E-state index is 12.6. The van der Waals surface area contributed by atoms with Gasteiger partial charge in [-0.15, -0.1) is 0 Å². The molecular weight excluding hydrogens is 316 g/mol. The average molecular weight is 346 g/mol. The number of carboxylic acid groups (broad SMARTS) is 1. The molecule has 1 aromatic carbocycles. The summed E-state index contributed by atoms with van der Waals surface area (Å²) in [7, 11) is 0. The first-order chi connectivity index (χ1) is 12.0. The number of carbonyl (C=O) groups excluding carboxylic acids is 1. The Labute approximate surface area is 150 Å². The third kappa shape index (κ3) is 4.42. The van der Waals surface area contributed by atoms with Crippen molar-refractivity contribution in [1.29, 1.82) is 0 Å². The molecule has 4 nitrogen and oxygen atoms in total. The second kappa shape index (κ2) is 9.02. The fraction of sp³-hybridized carbons (Fsp3) is 0.619. The van der Waals surface area contributed by atoms with Gasteiger partial charge in [0.25, 0.3) is 0 Å². The number of hydrogen-bond donors (Lipinski definition) is 1. The van der Waals surface area contributed by atoms with Crippen molar-refractivity contribution < 1.29 is 19.4 Å². The molecule has 138 valence electrons. The molecule has 0 aromatic heterocycles. The van der Waals surface area contributed by atoms with Crippen LogP contribution in [0.4, 0.5) is 0 Å². The van der Waals surface area contributed by atoms with E-state index in [0.29, 0.717) is 12.3 Å². The zero-order valence-corrected chi connectivity index (χ0v) is 15.4. The van der Waals surface area contributed by atoms with Gasteiger partial charge in [0.05, 0.1) is 6.61 Å². The fourth-order valence-corrected chi connectivity index (χ4v) is 4.14. The molecule has 0 heterocycles. The van der Waals surface area contributed by atoms with Gasteiger partial charge in [-0.2, -0.15) is 0 Å². The van der Waals surface area contributed by atoms with Crippen LogP contribution in [0.25, 0.3) is 0 Å². The lowest BCUT2D eigenvalue weighted by atomic mass is 9.67. The molecule has 0 saturated heterocycles. The van der Waals surface area contributed by atoms with Gasteiger partial charge >= 0.3 is 11.9 Å². The predicted octanol–water partition coefficient (Wildman–Crippen LogP) is 4.78. The smallest absolute Gasteiger partial charge is 0.323 e. The Bertz CT molecular complexity index is 563. The van der Waals surface area contributed by atoms with Gasteiger partial charge in [0.15, 0.2) is 5.41 Å². The number of ether oxygens (including phenoxy) is 1. The highest BCUT2D eigenvalue weighted by Gasteiger charge is 2.48. The largest absolute Gasteiger partial charge is 0.480 e. The minimum atomic E-state index is -1.46. The molecule has 25 heavy (non-hydrogen) atoms. The molecule has 1 N–H and O–H groups in total. The second-order valence-corrected chi connectivity index (χ2v) is 7.08. The van der Waals surface area contributed by atoms with Crippen LogP contribution in [0.1, 0.15) is 70.3 Å². The molecule has 1 aromatic rings. The maximum Gasteiger partial charge on any atom is 0.323 e. The number of esters is 1. The summed E-state index contributed by atoms with van der Waals surface area (Å²) in [6.45, 7) is 3.69. The van der Waals surface area contributed by atoms with Crippen LogP contribution in [0, 0.1) is 11.3 Å². The van der Waals surface area contributed by atoms with Crippen LogP contribution in [0.2, 0.25) is 0 Å². The first-order valence-corrected chi connectivity index (χ1v) is 9.50. The Morgan fingerprint density at radius 3 is 2.32 bits per heavy atom. The van der Waals surface area contributed by atoms with E-state index < -0.39 is 17.4 Å². The number of hydrogen-bond acceptors (Lipinski definition) is 3. The lowest BCUT2D eigenvalue weighted by Gasteiger charge is -2.36. The third-order valence-electron chi connectivity index (χ3n) is 5.69. The molecule has 2 unspecified atom stereocenters. The summed E-state index contributed by atoms with van der Waals surface area (Å²) in [5.41, 5.74) is -0.327. The van der Waals surface area contributed by atoms with Gasteiger partial charge in [-0.05, 0) is 50.0 Å². The van der Waals surface area contributed by atoms with Crippen LogP contribution >= 0.6 is 0 Å². The van der Waals surface area contributed by atoms with Gasteiger partial charge in [0.1, 0.15) is 0 Å². The molecular formula is C21H30O4. The Hall–Kier alpha value is -1.84. The standard InChI is InChI=1S/C21H30O4/c1-3-21(19(22)23,20(24)25-4-2)15-18(16-11-7-5-8-12-16)17-13-9-6-10-14-17/h5,7-8,11-12,17-18H,3-4,6,9-10,13-15H2,1-2H3,(H,22,23). The third-order valence-corrected chi connectivity index (χ3v) is 5.69. The quantitative estimate of drug-likeness (QED) is 0.543. The SMILES string of the molecule is CCOC(=O)C(CC)(CC(c1ccccc1)C1CCCCC1)C(=O)O. The van der Waals surface area contributed by atoms with Gasteiger partial charge < -0.3 is 9.84 Å². The number of benzene rings is 1.